The number of hydrogen-bond donors (Lipinski definition) is 1. The molecule has 0 saturated heterocycles. The first-order chi connectivity index (χ1) is 10.6. The summed E-state index contributed by atoms with van der Waals surface area (Å²) in [6.45, 7) is 2.20. The molecule has 0 heterocycles. The molecule has 0 aromatic heterocycles. The fourth-order valence-electron chi connectivity index (χ4n) is 1.98. The zero-order valence-corrected chi connectivity index (χ0v) is 13.6. The standard InChI is InChI=1S/C18H28O4/c1-2-3-4-5-6-7-8-9-10-11-12-13-14-15-16(19)17(20)18(21)22/h6-7,9-10H,2-5,8,11-15H2,1H3,(H,21,22)/b7-6-,10-9-. The molecule has 0 unspecified atom stereocenters. The van der Waals surface area contributed by atoms with E-state index in [0.717, 1.165) is 32.1 Å². The third-order valence-corrected chi connectivity index (χ3v) is 3.30. The smallest absolute Gasteiger partial charge is 0.380 e. The third-order valence-electron chi connectivity index (χ3n) is 3.30. The lowest BCUT2D eigenvalue weighted by Crippen LogP contribution is -2.22. The summed E-state index contributed by atoms with van der Waals surface area (Å²) in [5, 5.41) is 8.37. The van der Waals surface area contributed by atoms with Gasteiger partial charge in [-0.2, -0.15) is 0 Å². The Bertz CT molecular complexity index is 394. The average molecular weight is 308 g/mol. The molecule has 0 spiro atoms. The molecular weight excluding hydrogens is 280 g/mol. The minimum atomic E-state index is -1.66. The van der Waals surface area contributed by atoms with Gasteiger partial charge in [0.05, 0.1) is 0 Å². The van der Waals surface area contributed by atoms with Crippen LogP contribution in [-0.2, 0) is 14.4 Å². The molecule has 0 rings (SSSR count). The van der Waals surface area contributed by atoms with Crippen LogP contribution < -0.4 is 0 Å². The number of allylic oxidation sites excluding steroid dienone is 4. The molecule has 0 atom stereocenters. The predicted molar refractivity (Wildman–Crippen MR) is 87.8 cm³/mol. The van der Waals surface area contributed by atoms with E-state index in [-0.39, 0.29) is 6.42 Å². The molecule has 0 fully saturated rings. The van der Waals surface area contributed by atoms with Gasteiger partial charge in [-0.25, -0.2) is 4.79 Å². The van der Waals surface area contributed by atoms with E-state index >= 15 is 0 Å². The molecule has 0 amide bonds. The van der Waals surface area contributed by atoms with Crippen LogP contribution in [0.5, 0.6) is 0 Å². The van der Waals surface area contributed by atoms with E-state index in [1.165, 1.54) is 19.3 Å². The maximum atomic E-state index is 11.1. The van der Waals surface area contributed by atoms with Crippen LogP contribution >= 0.6 is 0 Å². The first-order valence-electron chi connectivity index (χ1n) is 8.20. The third kappa shape index (κ3) is 12.1. The Kier molecular flexibility index (Phi) is 13.1. The molecule has 0 aliphatic carbocycles. The summed E-state index contributed by atoms with van der Waals surface area (Å²) in [4.78, 5) is 32.2. The fourth-order valence-corrected chi connectivity index (χ4v) is 1.98. The summed E-state index contributed by atoms with van der Waals surface area (Å²) < 4.78 is 0. The second-order valence-corrected chi connectivity index (χ2v) is 5.33. The molecule has 0 saturated carbocycles. The quantitative estimate of drug-likeness (QED) is 0.225. The van der Waals surface area contributed by atoms with Gasteiger partial charge in [-0.15, -0.1) is 0 Å². The fraction of sp³-hybridized carbons (Fsp3) is 0.611. The van der Waals surface area contributed by atoms with Crippen molar-refractivity contribution in [2.45, 2.75) is 71.1 Å². The van der Waals surface area contributed by atoms with Gasteiger partial charge in [0.25, 0.3) is 0 Å². The van der Waals surface area contributed by atoms with Crippen molar-refractivity contribution in [3.63, 3.8) is 0 Å². The van der Waals surface area contributed by atoms with Crippen LogP contribution in [0.2, 0.25) is 0 Å². The first kappa shape index (κ1) is 20.3. The van der Waals surface area contributed by atoms with Crippen molar-refractivity contribution in [2.75, 3.05) is 0 Å². The van der Waals surface area contributed by atoms with Crippen molar-refractivity contribution in [1.29, 1.82) is 0 Å². The highest BCUT2D eigenvalue weighted by atomic mass is 16.4. The zero-order chi connectivity index (χ0) is 16.6. The normalized spacial score (nSPS) is 11.3. The van der Waals surface area contributed by atoms with Crippen molar-refractivity contribution in [3.05, 3.63) is 24.3 Å². The maximum absolute atomic E-state index is 11.1. The van der Waals surface area contributed by atoms with Crippen LogP contribution in [0.25, 0.3) is 0 Å². The van der Waals surface area contributed by atoms with Crippen LogP contribution in [0, 0.1) is 0 Å². The lowest BCUT2D eigenvalue weighted by atomic mass is 10.1. The van der Waals surface area contributed by atoms with Crippen molar-refractivity contribution in [1.82, 2.24) is 0 Å². The average Bonchev–Trinajstić information content (AvgIpc) is 2.50. The molecule has 0 aromatic rings. The van der Waals surface area contributed by atoms with E-state index in [9.17, 15) is 14.4 Å². The highest BCUT2D eigenvalue weighted by Gasteiger charge is 2.20. The minimum Gasteiger partial charge on any atom is -0.475 e. The number of rotatable bonds is 14. The summed E-state index contributed by atoms with van der Waals surface area (Å²) in [6, 6.07) is 0. The second kappa shape index (κ2) is 14.2. The Hall–Kier alpha value is -1.71. The number of carbonyl (C=O) groups is 3. The van der Waals surface area contributed by atoms with Gasteiger partial charge in [-0.05, 0) is 38.5 Å². The van der Waals surface area contributed by atoms with E-state index in [1.54, 1.807) is 0 Å². The van der Waals surface area contributed by atoms with Crippen molar-refractivity contribution in [3.8, 4) is 0 Å². The largest absolute Gasteiger partial charge is 0.475 e. The summed E-state index contributed by atoms with van der Waals surface area (Å²) in [5.74, 6) is -3.75. The monoisotopic (exact) mass is 308 g/mol. The Morgan fingerprint density at radius 3 is 1.95 bits per heavy atom. The van der Waals surface area contributed by atoms with Crippen molar-refractivity contribution < 1.29 is 19.5 Å². The zero-order valence-electron chi connectivity index (χ0n) is 13.6. The van der Waals surface area contributed by atoms with Gasteiger partial charge in [-0.1, -0.05) is 50.5 Å². The highest BCUT2D eigenvalue weighted by Crippen LogP contribution is 2.05. The molecular formula is C18H28O4. The van der Waals surface area contributed by atoms with Crippen molar-refractivity contribution in [2.24, 2.45) is 0 Å². The number of aliphatic carboxylic acids is 1. The molecule has 0 aliphatic rings. The number of carboxylic acids is 1. The van der Waals surface area contributed by atoms with Gasteiger partial charge in [0, 0.05) is 6.42 Å². The molecule has 4 heteroatoms. The van der Waals surface area contributed by atoms with Crippen LogP contribution in [-0.4, -0.2) is 22.6 Å². The summed E-state index contributed by atoms with van der Waals surface area (Å²) in [6.07, 6.45) is 17.9. The highest BCUT2D eigenvalue weighted by molar-refractivity contribution is 6.61. The predicted octanol–water partition coefficient (Wildman–Crippen LogP) is 4.24. The number of hydrogen-bond acceptors (Lipinski definition) is 3. The van der Waals surface area contributed by atoms with Gasteiger partial charge in [0.2, 0.25) is 5.78 Å². The van der Waals surface area contributed by atoms with E-state index in [1.807, 2.05) is 0 Å². The Morgan fingerprint density at radius 1 is 0.818 bits per heavy atom. The van der Waals surface area contributed by atoms with Crippen LogP contribution in [0.4, 0.5) is 0 Å². The summed E-state index contributed by atoms with van der Waals surface area (Å²) in [7, 11) is 0. The number of ketones is 2. The molecule has 0 bridgehead atoms. The molecule has 1 N–H and O–H groups in total. The first-order valence-corrected chi connectivity index (χ1v) is 8.20. The lowest BCUT2D eigenvalue weighted by molar-refractivity contribution is -0.152. The van der Waals surface area contributed by atoms with E-state index in [4.69, 9.17) is 5.11 Å². The number of carbonyl (C=O) groups excluding carboxylic acids is 2. The SMILES string of the molecule is CCCCC/C=C\C/C=C\CCCCCC(=O)C(=O)C(=O)O. The van der Waals surface area contributed by atoms with E-state index < -0.39 is 17.5 Å². The molecule has 0 radical (unpaired) electrons. The second-order valence-electron chi connectivity index (χ2n) is 5.33. The van der Waals surface area contributed by atoms with Crippen LogP contribution in [0.3, 0.4) is 0 Å². The molecule has 4 nitrogen and oxygen atoms in total. The minimum absolute atomic E-state index is 0.0370. The van der Waals surface area contributed by atoms with Gasteiger partial charge in [0.15, 0.2) is 0 Å². The molecule has 124 valence electrons. The number of carboxylic acid groups (broad SMARTS) is 1. The van der Waals surface area contributed by atoms with E-state index in [0.29, 0.717) is 6.42 Å². The Morgan fingerprint density at radius 2 is 1.41 bits per heavy atom. The molecule has 22 heavy (non-hydrogen) atoms. The van der Waals surface area contributed by atoms with Gasteiger partial charge < -0.3 is 5.11 Å². The number of unbranched alkanes of at least 4 members (excludes halogenated alkanes) is 6. The summed E-state index contributed by atoms with van der Waals surface area (Å²) >= 11 is 0. The topological polar surface area (TPSA) is 71.4 Å². The van der Waals surface area contributed by atoms with Gasteiger partial charge in [-0.3, -0.25) is 9.59 Å². The Balaban J connectivity index is 3.46. The van der Waals surface area contributed by atoms with Gasteiger partial charge in [0.1, 0.15) is 0 Å². The molecule has 0 aromatic carbocycles. The van der Waals surface area contributed by atoms with Crippen molar-refractivity contribution >= 4 is 17.5 Å². The molecule has 0 aliphatic heterocycles. The van der Waals surface area contributed by atoms with Crippen LogP contribution in [0.15, 0.2) is 24.3 Å². The van der Waals surface area contributed by atoms with E-state index in [2.05, 4.69) is 31.2 Å². The number of Topliss-reactive ketones (excluding diaryl/α,β-unsaturated/α-hetero) is 2. The Labute approximate surface area is 133 Å². The van der Waals surface area contributed by atoms with Crippen LogP contribution in [0.1, 0.15) is 71.1 Å². The maximum Gasteiger partial charge on any atom is 0.380 e. The lowest BCUT2D eigenvalue weighted by Gasteiger charge is -1.97. The van der Waals surface area contributed by atoms with Gasteiger partial charge >= 0.3 is 11.8 Å². The summed E-state index contributed by atoms with van der Waals surface area (Å²) in [5.41, 5.74) is 0.